The molecule has 0 aromatic heterocycles. The van der Waals surface area contributed by atoms with Gasteiger partial charge in [0.1, 0.15) is 5.76 Å². The number of rotatable bonds is 13. The Morgan fingerprint density at radius 2 is 1.33 bits per heavy atom. The van der Waals surface area contributed by atoms with E-state index in [1.807, 2.05) is 0 Å². The smallest absolute Gasteiger partial charge is 0.154 e. The van der Waals surface area contributed by atoms with Crippen molar-refractivity contribution in [2.75, 3.05) is 4.90 Å². The number of benzene rings is 3. The number of nitrogens with zero attached hydrogens (tertiary/aromatic N) is 1. The standard InChI is InChI=1S/C56H75NO/c1-4-6-34-53-55(39-42-22-10-7-11-23-42)58-56-51(45-26-14-9-15-27-45)33-21-36-54(56)57(53)52-35-19-18-30-48(52)41(3)37-38-43(5-2)46-28-20-29-47(40-46)50-32-17-16-31-49(50)44-24-12-8-13-25-44/h16-17,20-21,28-29,31-33,36-38,40,42,44-45,48,52H,4-15,18-19,22-27,30,34-35,39H2,1-3H3/b41-37+,43-38+. The summed E-state index contributed by atoms with van der Waals surface area (Å²) in [5.74, 6) is 5.16. The van der Waals surface area contributed by atoms with Gasteiger partial charge in [0.25, 0.3) is 0 Å². The molecule has 2 atom stereocenters. The minimum Gasteiger partial charge on any atom is -0.457 e. The molecule has 1 heterocycles. The zero-order valence-electron chi connectivity index (χ0n) is 36.7. The van der Waals surface area contributed by atoms with Crippen molar-refractivity contribution in [2.45, 2.75) is 193 Å². The zero-order chi connectivity index (χ0) is 39.7. The van der Waals surface area contributed by atoms with Crippen molar-refractivity contribution in [3.8, 4) is 16.9 Å². The second-order valence-electron chi connectivity index (χ2n) is 19.1. The summed E-state index contributed by atoms with van der Waals surface area (Å²) in [6.45, 7) is 7.17. The summed E-state index contributed by atoms with van der Waals surface area (Å²) in [6.07, 6.45) is 36.3. The van der Waals surface area contributed by atoms with Gasteiger partial charge in [-0.05, 0) is 122 Å². The van der Waals surface area contributed by atoms with E-state index in [0.717, 1.165) is 25.2 Å². The van der Waals surface area contributed by atoms with E-state index >= 15 is 0 Å². The molecule has 2 heteroatoms. The summed E-state index contributed by atoms with van der Waals surface area (Å²) in [5.41, 5.74) is 13.1. The Bertz CT molecular complexity index is 1890. The highest BCUT2D eigenvalue weighted by Crippen LogP contribution is 2.51. The van der Waals surface area contributed by atoms with Crippen LogP contribution in [-0.4, -0.2) is 6.04 Å². The third kappa shape index (κ3) is 9.42. The number of hydrogen-bond donors (Lipinski definition) is 0. The van der Waals surface area contributed by atoms with Crippen molar-refractivity contribution in [2.24, 2.45) is 11.8 Å². The molecule has 2 unspecified atom stereocenters. The average molecular weight is 778 g/mol. The fraction of sp³-hybridized carbons (Fsp3) is 0.571. The van der Waals surface area contributed by atoms with Crippen LogP contribution in [0.2, 0.25) is 0 Å². The Morgan fingerprint density at radius 1 is 0.672 bits per heavy atom. The van der Waals surface area contributed by atoms with Gasteiger partial charge in [0.05, 0.1) is 11.4 Å². The fourth-order valence-corrected chi connectivity index (χ4v) is 12.0. The minimum absolute atomic E-state index is 0.459. The molecule has 0 radical (unpaired) electrons. The van der Waals surface area contributed by atoms with Gasteiger partial charge in [-0.2, -0.15) is 0 Å². The zero-order valence-corrected chi connectivity index (χ0v) is 36.7. The van der Waals surface area contributed by atoms with Gasteiger partial charge in [-0.25, -0.2) is 0 Å². The first-order valence-electron chi connectivity index (χ1n) is 24.5. The molecule has 0 spiro atoms. The van der Waals surface area contributed by atoms with Gasteiger partial charge >= 0.3 is 0 Å². The number of ether oxygens (including phenoxy) is 1. The molecule has 3 aromatic rings. The van der Waals surface area contributed by atoms with Crippen molar-refractivity contribution in [1.82, 2.24) is 0 Å². The van der Waals surface area contributed by atoms with Gasteiger partial charge < -0.3 is 9.64 Å². The lowest BCUT2D eigenvalue weighted by atomic mass is 9.77. The molecule has 4 aliphatic carbocycles. The number of allylic oxidation sites excluding steroid dienone is 5. The predicted octanol–water partition coefficient (Wildman–Crippen LogP) is 17.0. The van der Waals surface area contributed by atoms with Crippen LogP contribution >= 0.6 is 0 Å². The second-order valence-corrected chi connectivity index (χ2v) is 19.1. The Labute approximate surface area is 353 Å². The lowest BCUT2D eigenvalue weighted by Gasteiger charge is -2.47. The maximum atomic E-state index is 7.39. The van der Waals surface area contributed by atoms with Gasteiger partial charge in [-0.3, -0.25) is 0 Å². The minimum atomic E-state index is 0.459. The highest BCUT2D eigenvalue weighted by Gasteiger charge is 2.39. The van der Waals surface area contributed by atoms with Crippen molar-refractivity contribution < 1.29 is 4.74 Å². The van der Waals surface area contributed by atoms with Gasteiger partial charge in [0.2, 0.25) is 0 Å². The third-order valence-corrected chi connectivity index (χ3v) is 15.3. The third-order valence-electron chi connectivity index (χ3n) is 15.3. The van der Waals surface area contributed by atoms with E-state index < -0.39 is 0 Å². The van der Waals surface area contributed by atoms with Crippen LogP contribution in [0.1, 0.15) is 203 Å². The van der Waals surface area contributed by atoms with Crippen LogP contribution < -0.4 is 9.64 Å². The van der Waals surface area contributed by atoms with Crippen molar-refractivity contribution in [1.29, 1.82) is 0 Å². The van der Waals surface area contributed by atoms with E-state index in [0.29, 0.717) is 23.8 Å². The highest BCUT2D eigenvalue weighted by atomic mass is 16.5. The number of anilines is 1. The van der Waals surface area contributed by atoms with Gasteiger partial charge in [-0.15, -0.1) is 0 Å². The molecule has 3 aromatic carbocycles. The lowest BCUT2D eigenvalue weighted by Crippen LogP contribution is -2.45. The Kier molecular flexibility index (Phi) is 14.3. The molecule has 58 heavy (non-hydrogen) atoms. The van der Waals surface area contributed by atoms with E-state index in [2.05, 4.69) is 105 Å². The number of fused-ring (bicyclic) bond motifs is 1. The molecule has 0 amide bonds. The van der Waals surface area contributed by atoms with Crippen LogP contribution in [0.5, 0.6) is 5.75 Å². The summed E-state index contributed by atoms with van der Waals surface area (Å²) in [7, 11) is 0. The summed E-state index contributed by atoms with van der Waals surface area (Å²) < 4.78 is 7.39. The normalized spacial score (nSPS) is 23.2. The highest BCUT2D eigenvalue weighted by molar-refractivity contribution is 5.75. The van der Waals surface area contributed by atoms with Gasteiger partial charge in [0, 0.05) is 23.9 Å². The molecular weight excluding hydrogens is 703 g/mol. The van der Waals surface area contributed by atoms with E-state index in [1.165, 1.54) is 186 Å². The SMILES string of the molecule is CCCCC1=C(CC2CCCCC2)Oc2c(C3CCCCC3)cccc2N1C1CCCCC1/C(C)=C/C=C(\CC)c1cccc(-c2ccccc2C2CCCCC2)c1. The summed E-state index contributed by atoms with van der Waals surface area (Å²) in [6, 6.07) is 26.5. The van der Waals surface area contributed by atoms with Crippen LogP contribution in [0.25, 0.3) is 16.7 Å². The van der Waals surface area contributed by atoms with E-state index in [9.17, 15) is 0 Å². The number of unbranched alkanes of at least 4 members (excludes halogenated alkanes) is 1. The number of hydrogen-bond acceptors (Lipinski definition) is 2. The first kappa shape index (κ1) is 41.2. The van der Waals surface area contributed by atoms with E-state index in [-0.39, 0.29) is 0 Å². The second kappa shape index (κ2) is 20.2. The molecule has 0 N–H and O–H groups in total. The van der Waals surface area contributed by atoms with Crippen LogP contribution in [0, 0.1) is 11.8 Å². The summed E-state index contributed by atoms with van der Waals surface area (Å²) in [5, 5.41) is 0. The molecule has 310 valence electrons. The average Bonchev–Trinajstić information content (AvgIpc) is 3.29. The van der Waals surface area contributed by atoms with E-state index in [1.54, 1.807) is 11.1 Å². The molecule has 4 saturated carbocycles. The van der Waals surface area contributed by atoms with E-state index in [4.69, 9.17) is 4.74 Å². The molecule has 5 aliphatic rings. The molecule has 1 aliphatic heterocycles. The van der Waals surface area contributed by atoms with Crippen LogP contribution in [-0.2, 0) is 0 Å². The Morgan fingerprint density at radius 3 is 2.07 bits per heavy atom. The van der Waals surface area contributed by atoms with Crippen molar-refractivity contribution in [3.63, 3.8) is 0 Å². The van der Waals surface area contributed by atoms with Crippen LogP contribution in [0.4, 0.5) is 5.69 Å². The maximum Gasteiger partial charge on any atom is 0.154 e. The van der Waals surface area contributed by atoms with Crippen LogP contribution in [0.15, 0.2) is 95.9 Å². The largest absolute Gasteiger partial charge is 0.457 e. The molecule has 8 rings (SSSR count). The molecule has 2 nitrogen and oxygen atoms in total. The quantitative estimate of drug-likeness (QED) is 0.160. The van der Waals surface area contributed by atoms with Crippen molar-refractivity contribution in [3.05, 3.63) is 113 Å². The lowest BCUT2D eigenvalue weighted by molar-refractivity contribution is 0.279. The predicted molar refractivity (Wildman–Crippen MR) is 249 cm³/mol. The summed E-state index contributed by atoms with van der Waals surface area (Å²) in [4.78, 5) is 2.91. The van der Waals surface area contributed by atoms with Gasteiger partial charge in [0.15, 0.2) is 5.75 Å². The first-order chi connectivity index (χ1) is 28.6. The molecule has 0 bridgehead atoms. The monoisotopic (exact) mass is 778 g/mol. The molecular formula is C56H75NO. The first-order valence-corrected chi connectivity index (χ1v) is 24.5. The van der Waals surface area contributed by atoms with Crippen molar-refractivity contribution >= 4 is 11.3 Å². The maximum absolute atomic E-state index is 7.39. The fourth-order valence-electron chi connectivity index (χ4n) is 12.0. The summed E-state index contributed by atoms with van der Waals surface area (Å²) >= 11 is 0. The number of para-hydroxylation sites is 1. The van der Waals surface area contributed by atoms with Crippen LogP contribution in [0.3, 0.4) is 0 Å². The van der Waals surface area contributed by atoms with Gasteiger partial charge in [-0.1, -0.05) is 176 Å². The molecule has 0 saturated heterocycles. The molecule has 4 fully saturated rings. The Balaban J connectivity index is 1.13. The topological polar surface area (TPSA) is 12.5 Å². The Hall–Kier alpha value is -3.52.